The molecule has 0 saturated carbocycles. The van der Waals surface area contributed by atoms with Crippen molar-refractivity contribution in [3.8, 4) is 6.07 Å². The fourth-order valence-corrected chi connectivity index (χ4v) is 2.48. The largest absolute Gasteiger partial charge is 0.399 e. The van der Waals surface area contributed by atoms with E-state index in [1.165, 1.54) is 7.11 Å². The maximum atomic E-state index is 9.81. The van der Waals surface area contributed by atoms with Gasteiger partial charge in [-0.15, -0.1) is 0 Å². The molecule has 0 heterocycles. The summed E-state index contributed by atoms with van der Waals surface area (Å²) in [5.74, 6) is -0.221. The molecule has 0 radical (unpaired) electrons. The number of oxime groups is 1. The highest BCUT2D eigenvalue weighted by atomic mass is 35.5. The van der Waals surface area contributed by atoms with Gasteiger partial charge in [0.2, 0.25) is 0 Å². The molecule has 0 aromatic heterocycles. The van der Waals surface area contributed by atoms with Crippen molar-refractivity contribution in [2.24, 2.45) is 22.0 Å². The molecule has 130 valence electrons. The molecule has 24 heavy (non-hydrogen) atoms. The van der Waals surface area contributed by atoms with Crippen LogP contribution in [-0.2, 0) is 4.84 Å². The van der Waals surface area contributed by atoms with Crippen molar-refractivity contribution in [2.75, 3.05) is 7.11 Å². The predicted octanol–water partition coefficient (Wildman–Crippen LogP) is 5.12. The molecule has 0 aliphatic rings. The summed E-state index contributed by atoms with van der Waals surface area (Å²) in [6.07, 6.45) is 1.54. The summed E-state index contributed by atoms with van der Waals surface area (Å²) in [4.78, 5) is 9.79. The second-order valence-electron chi connectivity index (χ2n) is 6.06. The van der Waals surface area contributed by atoms with Crippen molar-refractivity contribution in [2.45, 2.75) is 46.6 Å². The van der Waals surface area contributed by atoms with Crippen LogP contribution in [0.5, 0.6) is 0 Å². The summed E-state index contributed by atoms with van der Waals surface area (Å²) in [6, 6.07) is 9.89. The van der Waals surface area contributed by atoms with Gasteiger partial charge >= 0.3 is 0 Å². The number of hydrogen-bond donors (Lipinski definition) is 0. The molecule has 0 bridgehead atoms. The molecular weight excluding hydrogens is 322 g/mol. The van der Waals surface area contributed by atoms with Gasteiger partial charge in [-0.05, 0) is 25.3 Å². The Morgan fingerprint density at radius 1 is 1.29 bits per heavy atom. The molecule has 0 aliphatic carbocycles. The van der Waals surface area contributed by atoms with Gasteiger partial charge in [-0.1, -0.05) is 62.1 Å². The fraction of sp³-hybridized carbons (Fsp3) is 0.526. The smallest absolute Gasteiger partial charge is 0.130 e. The van der Waals surface area contributed by atoms with Gasteiger partial charge in [-0.3, -0.25) is 4.99 Å². The third-order valence-electron chi connectivity index (χ3n) is 3.91. The minimum atomic E-state index is -0.578. The zero-order valence-corrected chi connectivity index (χ0v) is 15.8. The Kier molecular flexibility index (Phi) is 8.49. The van der Waals surface area contributed by atoms with Crippen LogP contribution >= 0.6 is 11.6 Å². The number of nitriles is 1. The summed E-state index contributed by atoms with van der Waals surface area (Å²) in [5, 5.41) is 14.5. The molecule has 0 saturated heterocycles. The molecule has 2 atom stereocenters. The number of aliphatic imine (C=N–C) groups is 1. The molecule has 0 spiro atoms. The van der Waals surface area contributed by atoms with Crippen molar-refractivity contribution >= 4 is 23.0 Å². The van der Waals surface area contributed by atoms with E-state index in [0.717, 1.165) is 12.0 Å². The van der Waals surface area contributed by atoms with Gasteiger partial charge in [0, 0.05) is 16.6 Å². The SMILES string of the molecule is CCCC(=NOC)C(C#N)C(=NC(C)C(C)C)c1ccccc1Cl. The molecule has 0 amide bonds. The van der Waals surface area contributed by atoms with E-state index in [1.807, 2.05) is 38.1 Å². The molecule has 0 aliphatic heterocycles. The Hall–Kier alpha value is -1.86. The summed E-state index contributed by atoms with van der Waals surface area (Å²) in [7, 11) is 1.49. The second kappa shape index (κ2) is 10.1. The summed E-state index contributed by atoms with van der Waals surface area (Å²) >= 11 is 6.38. The lowest BCUT2D eigenvalue weighted by atomic mass is 9.90. The van der Waals surface area contributed by atoms with Crippen molar-refractivity contribution < 1.29 is 4.84 Å². The van der Waals surface area contributed by atoms with Crippen molar-refractivity contribution in [3.05, 3.63) is 34.9 Å². The van der Waals surface area contributed by atoms with Gasteiger partial charge in [-0.2, -0.15) is 5.26 Å². The van der Waals surface area contributed by atoms with Crippen LogP contribution < -0.4 is 0 Å². The monoisotopic (exact) mass is 347 g/mol. The highest BCUT2D eigenvalue weighted by Gasteiger charge is 2.26. The van der Waals surface area contributed by atoms with E-state index >= 15 is 0 Å². The van der Waals surface area contributed by atoms with Gasteiger partial charge < -0.3 is 4.84 Å². The number of rotatable bonds is 8. The minimum Gasteiger partial charge on any atom is -0.399 e. The fourth-order valence-electron chi connectivity index (χ4n) is 2.25. The quantitative estimate of drug-likeness (QED) is 0.484. The predicted molar refractivity (Wildman–Crippen MR) is 101 cm³/mol. The highest BCUT2D eigenvalue weighted by molar-refractivity contribution is 6.35. The molecule has 5 heteroatoms. The van der Waals surface area contributed by atoms with Crippen LogP contribution in [0.2, 0.25) is 5.02 Å². The maximum absolute atomic E-state index is 9.81. The first-order chi connectivity index (χ1) is 11.5. The van der Waals surface area contributed by atoms with E-state index in [4.69, 9.17) is 21.4 Å². The van der Waals surface area contributed by atoms with E-state index in [0.29, 0.717) is 28.8 Å². The van der Waals surface area contributed by atoms with Crippen LogP contribution in [0.1, 0.15) is 46.1 Å². The number of benzene rings is 1. The van der Waals surface area contributed by atoms with E-state index in [2.05, 4.69) is 25.1 Å². The van der Waals surface area contributed by atoms with Crippen LogP contribution in [-0.4, -0.2) is 24.6 Å². The lowest BCUT2D eigenvalue weighted by Crippen LogP contribution is -2.26. The zero-order chi connectivity index (χ0) is 18.1. The van der Waals surface area contributed by atoms with Crippen molar-refractivity contribution in [1.29, 1.82) is 5.26 Å². The van der Waals surface area contributed by atoms with Crippen molar-refractivity contribution in [1.82, 2.24) is 0 Å². The van der Waals surface area contributed by atoms with Crippen molar-refractivity contribution in [3.63, 3.8) is 0 Å². The Morgan fingerprint density at radius 3 is 2.46 bits per heavy atom. The van der Waals surface area contributed by atoms with Crippen LogP contribution in [0, 0.1) is 23.2 Å². The van der Waals surface area contributed by atoms with E-state index in [9.17, 15) is 5.26 Å². The first kappa shape index (κ1) is 20.2. The van der Waals surface area contributed by atoms with Gasteiger partial charge in [0.05, 0.1) is 17.5 Å². The molecular formula is C19H26ClN3O. The lowest BCUT2D eigenvalue weighted by Gasteiger charge is -2.19. The van der Waals surface area contributed by atoms with Gasteiger partial charge in [0.1, 0.15) is 13.0 Å². The number of hydrogen-bond acceptors (Lipinski definition) is 4. The maximum Gasteiger partial charge on any atom is 0.130 e. The minimum absolute atomic E-state index is 0.0672. The third kappa shape index (κ3) is 5.35. The summed E-state index contributed by atoms with van der Waals surface area (Å²) in [5.41, 5.74) is 2.11. The topological polar surface area (TPSA) is 57.7 Å². The first-order valence-corrected chi connectivity index (χ1v) is 8.66. The Bertz CT molecular complexity index is 632. The Labute approximate surface area is 150 Å². The average molecular weight is 348 g/mol. The second-order valence-corrected chi connectivity index (χ2v) is 6.46. The van der Waals surface area contributed by atoms with E-state index in [-0.39, 0.29) is 6.04 Å². The van der Waals surface area contributed by atoms with Crippen LogP contribution in [0.4, 0.5) is 0 Å². The standard InChI is InChI=1S/C19H26ClN3O/c1-6-9-18(23-24-5)16(12-21)19(22-14(4)13(2)3)15-10-7-8-11-17(15)20/h7-8,10-11,13-14,16H,6,9H2,1-5H3. The van der Waals surface area contributed by atoms with Crippen LogP contribution in [0.25, 0.3) is 0 Å². The molecule has 1 aromatic carbocycles. The average Bonchev–Trinajstić information content (AvgIpc) is 2.55. The number of halogens is 1. The lowest BCUT2D eigenvalue weighted by molar-refractivity contribution is 0.211. The Morgan fingerprint density at radius 2 is 1.96 bits per heavy atom. The van der Waals surface area contributed by atoms with Crippen LogP contribution in [0.3, 0.4) is 0 Å². The summed E-state index contributed by atoms with van der Waals surface area (Å²) < 4.78 is 0. The van der Waals surface area contributed by atoms with Crippen LogP contribution in [0.15, 0.2) is 34.4 Å². The van der Waals surface area contributed by atoms with Gasteiger partial charge in [-0.25, -0.2) is 0 Å². The van der Waals surface area contributed by atoms with E-state index < -0.39 is 5.92 Å². The molecule has 1 rings (SSSR count). The molecule has 2 unspecified atom stereocenters. The van der Waals surface area contributed by atoms with Gasteiger partial charge in [0.15, 0.2) is 0 Å². The molecule has 4 nitrogen and oxygen atoms in total. The normalized spacial score (nSPS) is 15.1. The highest BCUT2D eigenvalue weighted by Crippen LogP contribution is 2.23. The first-order valence-electron chi connectivity index (χ1n) is 8.28. The zero-order valence-electron chi connectivity index (χ0n) is 15.1. The Balaban J connectivity index is 3.48. The molecule has 0 N–H and O–H groups in total. The molecule has 0 fully saturated rings. The number of nitrogens with zero attached hydrogens (tertiary/aromatic N) is 3. The van der Waals surface area contributed by atoms with Gasteiger partial charge in [0.25, 0.3) is 0 Å². The molecule has 1 aromatic rings. The summed E-state index contributed by atoms with van der Waals surface area (Å²) in [6.45, 7) is 8.30. The van der Waals surface area contributed by atoms with E-state index in [1.54, 1.807) is 0 Å². The third-order valence-corrected chi connectivity index (χ3v) is 4.24.